The monoisotopic (exact) mass is 724 g/mol. The van der Waals surface area contributed by atoms with Crippen LogP contribution in [0.15, 0.2) is 0 Å². The third-order valence-electron chi connectivity index (χ3n) is 8.59. The molecule has 4 amide bonds. The number of carboxylic acids is 1. The lowest BCUT2D eigenvalue weighted by Crippen LogP contribution is -2.71. The normalized spacial score (nSPS) is 40.1. The SMILES string of the molecule is CC(=O)N[C@@H]1[C@H](O[C@H]2[C@H](O)[C@@H](CO)O[C@H](O[C@@H](C)[C@@H](NC(C)=O)[C@@H]3O[C@](O)(C(=O)O)C[C@H](O)[C@H]3NC(C)=O)[C@@H]2NC(C)=O)O[C@@H](C)[C@@H](O)[C@H]1O. The molecule has 50 heavy (non-hydrogen) atoms. The van der Waals surface area contributed by atoms with Crippen LogP contribution >= 0.6 is 0 Å². The van der Waals surface area contributed by atoms with E-state index in [0.717, 1.165) is 27.7 Å². The Hall–Kier alpha value is -3.09. The van der Waals surface area contributed by atoms with Crippen molar-refractivity contribution in [3.63, 3.8) is 0 Å². The molecule has 286 valence electrons. The van der Waals surface area contributed by atoms with Gasteiger partial charge in [0.05, 0.1) is 37.0 Å². The molecule has 0 aromatic rings. The fourth-order valence-corrected chi connectivity index (χ4v) is 6.24. The van der Waals surface area contributed by atoms with Gasteiger partial charge < -0.3 is 80.7 Å². The van der Waals surface area contributed by atoms with E-state index >= 15 is 0 Å². The van der Waals surface area contributed by atoms with Gasteiger partial charge in [-0.3, -0.25) is 19.2 Å². The van der Waals surface area contributed by atoms with Crippen molar-refractivity contribution in [1.82, 2.24) is 21.3 Å². The van der Waals surface area contributed by atoms with Crippen LogP contribution in [-0.2, 0) is 47.7 Å². The van der Waals surface area contributed by atoms with E-state index in [1.807, 2.05) is 0 Å². The van der Waals surface area contributed by atoms with Gasteiger partial charge in [0, 0.05) is 34.1 Å². The topological polar surface area (TPSA) is 321 Å². The number of hydrogen-bond donors (Lipinski definition) is 11. The summed E-state index contributed by atoms with van der Waals surface area (Å²) < 4.78 is 29.2. The maximum absolute atomic E-state index is 12.4. The molecular formula is C29H48N4O17. The highest BCUT2D eigenvalue weighted by Crippen LogP contribution is 2.34. The van der Waals surface area contributed by atoms with Crippen molar-refractivity contribution in [2.45, 2.75) is 145 Å². The average molecular weight is 725 g/mol. The molecule has 3 aliphatic rings. The first-order valence-electron chi connectivity index (χ1n) is 15.9. The number of carboxylic acid groups (broad SMARTS) is 1. The van der Waals surface area contributed by atoms with E-state index in [2.05, 4.69) is 21.3 Å². The van der Waals surface area contributed by atoms with Crippen molar-refractivity contribution >= 4 is 29.6 Å². The van der Waals surface area contributed by atoms with E-state index in [0.29, 0.717) is 0 Å². The van der Waals surface area contributed by atoms with Crippen LogP contribution in [0.5, 0.6) is 0 Å². The van der Waals surface area contributed by atoms with Crippen LogP contribution in [0.4, 0.5) is 0 Å². The van der Waals surface area contributed by atoms with Crippen LogP contribution in [0.3, 0.4) is 0 Å². The van der Waals surface area contributed by atoms with Crippen LogP contribution in [0.25, 0.3) is 0 Å². The molecule has 3 aliphatic heterocycles. The molecule has 3 saturated heterocycles. The summed E-state index contributed by atoms with van der Waals surface area (Å²) in [5, 5.41) is 83.5. The second-order valence-electron chi connectivity index (χ2n) is 12.7. The summed E-state index contributed by atoms with van der Waals surface area (Å²) in [6, 6.07) is -5.70. The van der Waals surface area contributed by atoms with Crippen LogP contribution in [0.1, 0.15) is 48.0 Å². The molecule has 0 spiro atoms. The quantitative estimate of drug-likeness (QED) is 0.0893. The number of carbonyl (C=O) groups is 5. The van der Waals surface area contributed by atoms with E-state index in [9.17, 15) is 59.7 Å². The average Bonchev–Trinajstić information content (AvgIpc) is 3.00. The van der Waals surface area contributed by atoms with Gasteiger partial charge in [0.25, 0.3) is 5.79 Å². The fraction of sp³-hybridized carbons (Fsp3) is 0.828. The van der Waals surface area contributed by atoms with E-state index in [-0.39, 0.29) is 0 Å². The van der Waals surface area contributed by atoms with Crippen LogP contribution < -0.4 is 21.3 Å². The number of nitrogens with one attached hydrogen (secondary N) is 4. The Kier molecular flexibility index (Phi) is 14.0. The molecule has 0 saturated carbocycles. The lowest BCUT2D eigenvalue weighted by atomic mass is 9.87. The zero-order valence-corrected chi connectivity index (χ0v) is 28.3. The highest BCUT2D eigenvalue weighted by molar-refractivity contribution is 5.77. The second kappa shape index (κ2) is 17.0. The minimum absolute atomic E-state index is 0.631. The maximum Gasteiger partial charge on any atom is 0.364 e. The summed E-state index contributed by atoms with van der Waals surface area (Å²) in [5.41, 5.74) is 0. The molecule has 3 rings (SSSR count). The number of carbonyl (C=O) groups excluding carboxylic acids is 4. The summed E-state index contributed by atoms with van der Waals surface area (Å²) in [5.74, 6) is -7.53. The van der Waals surface area contributed by atoms with Crippen LogP contribution in [0.2, 0.25) is 0 Å². The molecule has 0 aromatic carbocycles. The lowest BCUT2D eigenvalue weighted by Gasteiger charge is -2.49. The van der Waals surface area contributed by atoms with Crippen LogP contribution in [0, 0.1) is 0 Å². The minimum Gasteiger partial charge on any atom is -0.477 e. The highest BCUT2D eigenvalue weighted by atomic mass is 16.7. The van der Waals surface area contributed by atoms with E-state index < -0.39 is 140 Å². The Balaban J connectivity index is 2.03. The molecule has 0 unspecified atom stereocenters. The number of aliphatic hydroxyl groups excluding tert-OH is 5. The molecule has 3 fully saturated rings. The van der Waals surface area contributed by atoms with Crippen molar-refractivity contribution in [2.75, 3.05) is 6.61 Å². The Morgan fingerprint density at radius 1 is 0.820 bits per heavy atom. The Bertz CT molecular complexity index is 1240. The molecule has 16 atom stereocenters. The summed E-state index contributed by atoms with van der Waals surface area (Å²) >= 11 is 0. The predicted molar refractivity (Wildman–Crippen MR) is 162 cm³/mol. The Morgan fingerprint density at radius 3 is 1.90 bits per heavy atom. The molecule has 3 heterocycles. The van der Waals surface area contributed by atoms with Crippen molar-refractivity contribution in [1.29, 1.82) is 0 Å². The largest absolute Gasteiger partial charge is 0.477 e. The molecular weight excluding hydrogens is 676 g/mol. The summed E-state index contributed by atoms with van der Waals surface area (Å²) in [7, 11) is 0. The molecule has 21 nitrogen and oxygen atoms in total. The van der Waals surface area contributed by atoms with Gasteiger partial charge in [-0.15, -0.1) is 0 Å². The van der Waals surface area contributed by atoms with Gasteiger partial charge in [0.15, 0.2) is 12.6 Å². The number of amides is 4. The van der Waals surface area contributed by atoms with E-state index in [1.165, 1.54) is 13.8 Å². The summed E-state index contributed by atoms with van der Waals surface area (Å²) in [6.07, 6.45) is -17.6. The predicted octanol–water partition coefficient (Wildman–Crippen LogP) is -5.74. The van der Waals surface area contributed by atoms with E-state index in [1.54, 1.807) is 0 Å². The third kappa shape index (κ3) is 9.61. The fourth-order valence-electron chi connectivity index (χ4n) is 6.24. The smallest absolute Gasteiger partial charge is 0.364 e. The Labute approximate surface area is 286 Å². The van der Waals surface area contributed by atoms with Gasteiger partial charge in [-0.2, -0.15) is 0 Å². The first-order valence-corrected chi connectivity index (χ1v) is 15.9. The van der Waals surface area contributed by atoms with Crippen LogP contribution in [-0.4, -0.2) is 169 Å². The number of hydrogen-bond acceptors (Lipinski definition) is 16. The molecule has 0 bridgehead atoms. The molecule has 0 aromatic heterocycles. The third-order valence-corrected chi connectivity index (χ3v) is 8.59. The van der Waals surface area contributed by atoms with Crippen molar-refractivity contribution in [3.8, 4) is 0 Å². The van der Waals surface area contributed by atoms with Gasteiger partial charge in [-0.05, 0) is 13.8 Å². The zero-order chi connectivity index (χ0) is 37.8. The maximum atomic E-state index is 12.4. The number of ether oxygens (including phenoxy) is 5. The second-order valence-corrected chi connectivity index (χ2v) is 12.7. The van der Waals surface area contributed by atoms with Gasteiger partial charge in [0.1, 0.15) is 48.7 Å². The molecule has 11 N–H and O–H groups in total. The number of rotatable bonds is 12. The summed E-state index contributed by atoms with van der Waals surface area (Å²) in [6.45, 7) is 6.38. The van der Waals surface area contributed by atoms with E-state index in [4.69, 9.17) is 23.7 Å². The van der Waals surface area contributed by atoms with Gasteiger partial charge in [-0.1, -0.05) is 0 Å². The van der Waals surface area contributed by atoms with Crippen molar-refractivity contribution in [2.24, 2.45) is 0 Å². The number of aliphatic carboxylic acids is 1. The number of aliphatic hydroxyl groups is 6. The lowest BCUT2D eigenvalue weighted by molar-refractivity contribution is -0.332. The molecule has 0 radical (unpaired) electrons. The minimum atomic E-state index is -2.96. The molecule has 21 heteroatoms. The Morgan fingerprint density at radius 2 is 1.38 bits per heavy atom. The zero-order valence-electron chi connectivity index (χ0n) is 28.3. The summed E-state index contributed by atoms with van der Waals surface area (Å²) in [4.78, 5) is 60.8. The van der Waals surface area contributed by atoms with Gasteiger partial charge in [-0.25, -0.2) is 4.79 Å². The van der Waals surface area contributed by atoms with Crippen molar-refractivity contribution < 1.29 is 83.4 Å². The first kappa shape index (κ1) is 41.3. The van der Waals surface area contributed by atoms with Crippen molar-refractivity contribution in [3.05, 3.63) is 0 Å². The first-order chi connectivity index (χ1) is 23.2. The van der Waals surface area contributed by atoms with Gasteiger partial charge in [0.2, 0.25) is 23.6 Å². The standard InChI is InChI=1S/C29H48N4O17/c1-9(17(30-11(3)35)24-18(31-12(4)36)15(39)7-29(45,50-24)28(43)44)46-27-20(33-14(6)38)25(22(41)16(8-34)48-27)49-26-19(32-13(5)37)23(42)21(40)10(2)47-26/h9-10,15-27,34,39-42,45H,7-8H2,1-6H3,(H,30,35)(H,31,36)(H,32,37)(H,33,38)(H,43,44)/t9-,10-,15-,16+,17+,18+,19-,20+,21+,22+,23-,24-,25+,26-,27-,29-/m0/s1. The molecule has 0 aliphatic carbocycles. The highest BCUT2D eigenvalue weighted by Gasteiger charge is 2.56. The van der Waals surface area contributed by atoms with Gasteiger partial charge >= 0.3 is 5.97 Å².